The van der Waals surface area contributed by atoms with E-state index < -0.39 is 0 Å². The Morgan fingerprint density at radius 3 is 2.65 bits per heavy atom. The molecular weight excluding hydrogens is 445 g/mol. The lowest BCUT2D eigenvalue weighted by atomic mass is 10.3. The number of benzene rings is 1. The van der Waals surface area contributed by atoms with Crippen molar-refractivity contribution in [2.75, 3.05) is 26.7 Å². The van der Waals surface area contributed by atoms with Gasteiger partial charge in [0.25, 0.3) is 0 Å². The van der Waals surface area contributed by atoms with Crippen molar-refractivity contribution in [2.45, 2.75) is 26.5 Å². The number of aromatic nitrogens is 2. The van der Waals surface area contributed by atoms with Gasteiger partial charge in [0, 0.05) is 25.5 Å². The molecule has 0 fully saturated rings. The van der Waals surface area contributed by atoms with Crippen molar-refractivity contribution in [3.8, 4) is 11.5 Å². The number of rotatable bonds is 9. The van der Waals surface area contributed by atoms with E-state index in [1.807, 2.05) is 55.1 Å². The largest absolute Gasteiger partial charge is 0.493 e. The molecule has 0 radical (unpaired) electrons. The summed E-state index contributed by atoms with van der Waals surface area (Å²) in [5, 5.41) is 10.7. The fourth-order valence-electron chi connectivity index (χ4n) is 2.25. The number of nitrogens with one attached hydrogen (secondary N) is 2. The smallest absolute Gasteiger partial charge is 0.191 e. The molecule has 1 aromatic heterocycles. The topological polar surface area (TPSA) is 72.7 Å². The zero-order valence-corrected chi connectivity index (χ0v) is 17.8. The van der Waals surface area contributed by atoms with Crippen LogP contribution in [0.3, 0.4) is 0 Å². The highest BCUT2D eigenvalue weighted by molar-refractivity contribution is 14.0. The molecule has 0 spiro atoms. The van der Waals surface area contributed by atoms with Gasteiger partial charge in [-0.3, -0.25) is 4.68 Å². The van der Waals surface area contributed by atoms with Gasteiger partial charge in [0.1, 0.15) is 6.10 Å². The van der Waals surface area contributed by atoms with Crippen LogP contribution in [0.1, 0.15) is 13.8 Å². The van der Waals surface area contributed by atoms with Crippen molar-refractivity contribution in [3.05, 3.63) is 42.7 Å². The zero-order valence-electron chi connectivity index (χ0n) is 15.5. The first-order chi connectivity index (χ1) is 12.2. The predicted octanol–water partition coefficient (Wildman–Crippen LogP) is 2.53. The van der Waals surface area contributed by atoms with E-state index >= 15 is 0 Å². The lowest BCUT2D eigenvalue weighted by Crippen LogP contribution is -2.39. The van der Waals surface area contributed by atoms with Crippen LogP contribution in [0, 0.1) is 0 Å². The summed E-state index contributed by atoms with van der Waals surface area (Å²) in [5.41, 5.74) is 0. The molecule has 0 saturated carbocycles. The maximum absolute atomic E-state index is 5.93. The number of aliphatic imine (C=N–C) groups is 1. The number of para-hydroxylation sites is 2. The second kappa shape index (κ2) is 12.4. The average Bonchev–Trinajstić information content (AvgIpc) is 3.13. The minimum absolute atomic E-state index is 0. The van der Waals surface area contributed by atoms with E-state index in [4.69, 9.17) is 9.47 Å². The molecule has 8 heteroatoms. The Hall–Kier alpha value is -1.97. The highest BCUT2D eigenvalue weighted by atomic mass is 127. The van der Waals surface area contributed by atoms with Gasteiger partial charge in [0.05, 0.1) is 20.2 Å². The summed E-state index contributed by atoms with van der Waals surface area (Å²) in [5.74, 6) is 2.22. The molecule has 1 unspecified atom stereocenters. The first kappa shape index (κ1) is 22.1. The maximum atomic E-state index is 5.93. The molecule has 0 aliphatic rings. The Kier molecular flexibility index (Phi) is 10.5. The van der Waals surface area contributed by atoms with E-state index in [1.54, 1.807) is 13.3 Å². The number of guanidine groups is 1. The number of hydrogen-bond acceptors (Lipinski definition) is 4. The first-order valence-electron chi connectivity index (χ1n) is 8.52. The van der Waals surface area contributed by atoms with Gasteiger partial charge in [-0.05, 0) is 32.0 Å². The van der Waals surface area contributed by atoms with E-state index in [1.165, 1.54) is 0 Å². The molecule has 1 atom stereocenters. The van der Waals surface area contributed by atoms with E-state index in [2.05, 4.69) is 20.7 Å². The Balaban J connectivity index is 0.00000338. The third-order valence-electron chi connectivity index (χ3n) is 3.44. The van der Waals surface area contributed by atoms with Crippen molar-refractivity contribution >= 4 is 29.9 Å². The van der Waals surface area contributed by atoms with Gasteiger partial charge in [-0.1, -0.05) is 12.1 Å². The quantitative estimate of drug-likeness (QED) is 0.333. The summed E-state index contributed by atoms with van der Waals surface area (Å²) in [6.45, 7) is 6.90. The summed E-state index contributed by atoms with van der Waals surface area (Å²) >= 11 is 0. The number of halogens is 1. The van der Waals surface area contributed by atoms with E-state index in [9.17, 15) is 0 Å². The van der Waals surface area contributed by atoms with Crippen LogP contribution in [0.5, 0.6) is 11.5 Å². The normalized spacial score (nSPS) is 12.0. The summed E-state index contributed by atoms with van der Waals surface area (Å²) in [6, 6.07) is 9.53. The van der Waals surface area contributed by atoms with Gasteiger partial charge in [-0.2, -0.15) is 5.10 Å². The van der Waals surface area contributed by atoms with Crippen LogP contribution in [0.4, 0.5) is 0 Å². The average molecular weight is 473 g/mol. The van der Waals surface area contributed by atoms with Gasteiger partial charge in [0.2, 0.25) is 0 Å². The molecule has 144 valence electrons. The number of hydrogen-bond donors (Lipinski definition) is 2. The Morgan fingerprint density at radius 2 is 2.00 bits per heavy atom. The molecule has 0 aliphatic carbocycles. The monoisotopic (exact) mass is 473 g/mol. The van der Waals surface area contributed by atoms with Gasteiger partial charge in [-0.15, -0.1) is 24.0 Å². The van der Waals surface area contributed by atoms with Crippen LogP contribution < -0.4 is 20.1 Å². The van der Waals surface area contributed by atoms with Gasteiger partial charge in [0.15, 0.2) is 17.5 Å². The van der Waals surface area contributed by atoms with Crippen molar-refractivity contribution in [2.24, 2.45) is 4.99 Å². The molecular formula is C18H28IN5O2. The molecule has 1 aromatic carbocycles. The van der Waals surface area contributed by atoms with Crippen molar-refractivity contribution < 1.29 is 9.47 Å². The molecule has 26 heavy (non-hydrogen) atoms. The Morgan fingerprint density at radius 1 is 1.23 bits per heavy atom. The number of nitrogens with zero attached hydrogens (tertiary/aromatic N) is 3. The standard InChI is InChI=1S/C18H27N5O2.HI/c1-4-19-18(20-11-13-23-12-7-10-22-23)21-14-15(2)25-17-9-6-5-8-16(17)24-3;/h5-10,12,15H,4,11,13-14H2,1-3H3,(H2,19,20,21);1H. The molecule has 1 heterocycles. The molecule has 2 rings (SSSR count). The van der Waals surface area contributed by atoms with Crippen LogP contribution in [-0.4, -0.2) is 48.6 Å². The number of methoxy groups -OCH3 is 1. The van der Waals surface area contributed by atoms with Gasteiger partial charge < -0.3 is 20.1 Å². The third kappa shape index (κ3) is 7.51. The molecule has 0 bridgehead atoms. The van der Waals surface area contributed by atoms with Crippen LogP contribution in [0.2, 0.25) is 0 Å². The minimum Gasteiger partial charge on any atom is -0.493 e. The highest BCUT2D eigenvalue weighted by Gasteiger charge is 2.08. The lowest BCUT2D eigenvalue weighted by molar-refractivity contribution is 0.219. The second-order valence-electron chi connectivity index (χ2n) is 5.49. The van der Waals surface area contributed by atoms with Gasteiger partial charge >= 0.3 is 0 Å². The Labute approximate surface area is 172 Å². The molecule has 0 amide bonds. The molecule has 7 nitrogen and oxygen atoms in total. The predicted molar refractivity (Wildman–Crippen MR) is 115 cm³/mol. The summed E-state index contributed by atoms with van der Waals surface area (Å²) < 4.78 is 13.1. The SMILES string of the molecule is CCNC(=NCC(C)Oc1ccccc1OC)NCCn1cccn1.I. The summed E-state index contributed by atoms with van der Waals surface area (Å²) in [6.07, 6.45) is 3.64. The lowest BCUT2D eigenvalue weighted by Gasteiger charge is -2.16. The second-order valence-corrected chi connectivity index (χ2v) is 5.49. The van der Waals surface area contributed by atoms with E-state index in [0.717, 1.165) is 37.1 Å². The van der Waals surface area contributed by atoms with E-state index in [0.29, 0.717) is 6.54 Å². The van der Waals surface area contributed by atoms with Crippen LogP contribution >= 0.6 is 24.0 Å². The maximum Gasteiger partial charge on any atom is 0.191 e. The molecule has 2 N–H and O–H groups in total. The van der Waals surface area contributed by atoms with Gasteiger partial charge in [-0.25, -0.2) is 4.99 Å². The molecule has 0 saturated heterocycles. The third-order valence-corrected chi connectivity index (χ3v) is 3.44. The number of ether oxygens (including phenoxy) is 2. The van der Waals surface area contributed by atoms with Crippen molar-refractivity contribution in [1.29, 1.82) is 0 Å². The zero-order chi connectivity index (χ0) is 17.9. The minimum atomic E-state index is -0.0714. The van der Waals surface area contributed by atoms with Crippen molar-refractivity contribution in [1.82, 2.24) is 20.4 Å². The summed E-state index contributed by atoms with van der Waals surface area (Å²) in [4.78, 5) is 4.58. The fraction of sp³-hybridized carbons (Fsp3) is 0.444. The van der Waals surface area contributed by atoms with Crippen LogP contribution in [0.25, 0.3) is 0 Å². The molecule has 0 aliphatic heterocycles. The first-order valence-corrected chi connectivity index (χ1v) is 8.52. The van der Waals surface area contributed by atoms with E-state index in [-0.39, 0.29) is 30.1 Å². The fourth-order valence-corrected chi connectivity index (χ4v) is 2.25. The summed E-state index contributed by atoms with van der Waals surface area (Å²) in [7, 11) is 1.64. The van der Waals surface area contributed by atoms with Crippen LogP contribution in [0.15, 0.2) is 47.7 Å². The highest BCUT2D eigenvalue weighted by Crippen LogP contribution is 2.26. The van der Waals surface area contributed by atoms with Crippen molar-refractivity contribution in [3.63, 3.8) is 0 Å². The van der Waals surface area contributed by atoms with Crippen LogP contribution in [-0.2, 0) is 6.54 Å². The Bertz CT molecular complexity index is 649. The molecule has 2 aromatic rings.